The van der Waals surface area contributed by atoms with Crippen molar-refractivity contribution in [3.8, 4) is 0 Å². The van der Waals surface area contributed by atoms with Crippen LogP contribution in [0.4, 0.5) is 0 Å². The van der Waals surface area contributed by atoms with Crippen molar-refractivity contribution in [2.45, 2.75) is 39.5 Å². The van der Waals surface area contributed by atoms with Gasteiger partial charge in [0.15, 0.2) is 5.96 Å². The van der Waals surface area contributed by atoms with Gasteiger partial charge in [-0.1, -0.05) is 19.1 Å². The third-order valence-corrected chi connectivity index (χ3v) is 5.41. The van der Waals surface area contributed by atoms with Gasteiger partial charge in [-0.25, -0.2) is 0 Å². The van der Waals surface area contributed by atoms with Crippen LogP contribution in [-0.2, 0) is 6.42 Å². The van der Waals surface area contributed by atoms with Crippen molar-refractivity contribution >= 4 is 11.9 Å². The van der Waals surface area contributed by atoms with Crippen LogP contribution < -0.4 is 10.6 Å². The number of guanidine groups is 1. The number of carbonyl (C=O) groups is 1. The fraction of sp³-hybridized carbons (Fsp3) is 0.652. The number of amides is 1. The first-order valence-electron chi connectivity index (χ1n) is 11.0. The summed E-state index contributed by atoms with van der Waals surface area (Å²) in [6.07, 6.45) is 4.61. The average Bonchev–Trinajstić information content (AvgIpc) is 2.72. The molecule has 0 aromatic heterocycles. The van der Waals surface area contributed by atoms with E-state index in [1.54, 1.807) is 19.0 Å². The smallest absolute Gasteiger partial charge is 0.253 e. The van der Waals surface area contributed by atoms with Gasteiger partial charge in [-0.2, -0.15) is 0 Å². The molecule has 1 aromatic rings. The van der Waals surface area contributed by atoms with Crippen LogP contribution in [0, 0.1) is 5.92 Å². The van der Waals surface area contributed by atoms with Gasteiger partial charge in [0, 0.05) is 39.3 Å². The van der Waals surface area contributed by atoms with E-state index in [0.29, 0.717) is 0 Å². The molecule has 1 aromatic carbocycles. The largest absolute Gasteiger partial charge is 0.357 e. The Morgan fingerprint density at radius 2 is 2.00 bits per heavy atom. The molecule has 6 nitrogen and oxygen atoms in total. The Morgan fingerprint density at radius 1 is 1.24 bits per heavy atom. The standard InChI is InChI=1S/C23H39N5O/c1-5-24-23(25-13-7-15-28-16-11-19(2)12-17-28)26-14-10-20-8-6-9-21(18-20)22(29)27(3)4/h6,8-9,18-19H,5,7,10-17H2,1-4H3,(H2,24,25,26). The summed E-state index contributed by atoms with van der Waals surface area (Å²) in [6, 6.07) is 7.87. The summed E-state index contributed by atoms with van der Waals surface area (Å²) < 4.78 is 0. The maximum atomic E-state index is 12.1. The molecule has 0 bridgehead atoms. The van der Waals surface area contributed by atoms with E-state index >= 15 is 0 Å². The maximum absolute atomic E-state index is 12.1. The van der Waals surface area contributed by atoms with Crippen LogP contribution >= 0.6 is 0 Å². The molecule has 0 radical (unpaired) electrons. The van der Waals surface area contributed by atoms with Crippen molar-refractivity contribution in [1.29, 1.82) is 0 Å². The van der Waals surface area contributed by atoms with Crippen molar-refractivity contribution < 1.29 is 4.79 Å². The SMILES string of the molecule is CCNC(=NCCCN1CCC(C)CC1)NCCc1cccc(C(=O)N(C)C)c1. The van der Waals surface area contributed by atoms with E-state index in [4.69, 9.17) is 4.99 Å². The Bertz CT molecular complexity index is 650. The van der Waals surface area contributed by atoms with Crippen LogP contribution in [0.1, 0.15) is 49.0 Å². The second kappa shape index (κ2) is 12.5. The first kappa shape index (κ1) is 23.2. The van der Waals surface area contributed by atoms with Crippen LogP contribution in [0.3, 0.4) is 0 Å². The molecule has 1 heterocycles. The molecule has 1 saturated heterocycles. The lowest BCUT2D eigenvalue weighted by Gasteiger charge is -2.29. The maximum Gasteiger partial charge on any atom is 0.253 e. The van der Waals surface area contributed by atoms with E-state index in [9.17, 15) is 4.79 Å². The summed E-state index contributed by atoms with van der Waals surface area (Å²) in [6.45, 7) is 10.5. The zero-order valence-corrected chi connectivity index (χ0v) is 18.7. The zero-order chi connectivity index (χ0) is 21.1. The minimum Gasteiger partial charge on any atom is -0.357 e. The minimum absolute atomic E-state index is 0.0397. The number of nitrogens with one attached hydrogen (secondary N) is 2. The highest BCUT2D eigenvalue weighted by atomic mass is 16.2. The van der Waals surface area contributed by atoms with Crippen molar-refractivity contribution in [3.05, 3.63) is 35.4 Å². The molecule has 2 N–H and O–H groups in total. The highest BCUT2D eigenvalue weighted by molar-refractivity contribution is 5.94. The van der Waals surface area contributed by atoms with Gasteiger partial charge in [0.1, 0.15) is 0 Å². The summed E-state index contributed by atoms with van der Waals surface area (Å²) in [7, 11) is 3.56. The molecular formula is C23H39N5O. The second-order valence-electron chi connectivity index (χ2n) is 8.22. The van der Waals surface area contributed by atoms with Gasteiger partial charge in [-0.15, -0.1) is 0 Å². The molecular weight excluding hydrogens is 362 g/mol. The number of hydrogen-bond acceptors (Lipinski definition) is 3. The van der Waals surface area contributed by atoms with Crippen LogP contribution in [0.25, 0.3) is 0 Å². The Morgan fingerprint density at radius 3 is 2.69 bits per heavy atom. The van der Waals surface area contributed by atoms with Gasteiger partial charge in [0.05, 0.1) is 0 Å². The number of rotatable bonds is 9. The average molecular weight is 402 g/mol. The molecule has 0 unspecified atom stereocenters. The van der Waals surface area contributed by atoms with Crippen molar-refractivity contribution in [2.24, 2.45) is 10.9 Å². The monoisotopic (exact) mass is 401 g/mol. The molecule has 0 spiro atoms. The molecule has 162 valence electrons. The summed E-state index contributed by atoms with van der Waals surface area (Å²) in [5.74, 6) is 1.80. The number of nitrogens with zero attached hydrogens (tertiary/aromatic N) is 3. The molecule has 1 amide bonds. The Hall–Kier alpha value is -2.08. The zero-order valence-electron chi connectivity index (χ0n) is 18.7. The van der Waals surface area contributed by atoms with E-state index in [0.717, 1.165) is 62.0 Å². The fourth-order valence-electron chi connectivity index (χ4n) is 3.56. The quantitative estimate of drug-likeness (QED) is 0.379. The van der Waals surface area contributed by atoms with Gasteiger partial charge in [-0.05, 0) is 75.9 Å². The van der Waals surface area contributed by atoms with Gasteiger partial charge in [-0.3, -0.25) is 9.79 Å². The predicted octanol–water partition coefficient (Wildman–Crippen LogP) is 2.61. The van der Waals surface area contributed by atoms with E-state index in [-0.39, 0.29) is 5.91 Å². The third-order valence-electron chi connectivity index (χ3n) is 5.41. The van der Waals surface area contributed by atoms with Crippen molar-refractivity contribution in [3.63, 3.8) is 0 Å². The Kier molecular flexibility index (Phi) is 9.98. The molecule has 1 aliphatic heterocycles. The van der Waals surface area contributed by atoms with Crippen LogP contribution in [0.5, 0.6) is 0 Å². The highest BCUT2D eigenvalue weighted by Crippen LogP contribution is 2.15. The lowest BCUT2D eigenvalue weighted by Crippen LogP contribution is -2.38. The lowest BCUT2D eigenvalue weighted by molar-refractivity contribution is 0.0827. The molecule has 0 aliphatic carbocycles. The fourth-order valence-corrected chi connectivity index (χ4v) is 3.56. The number of hydrogen-bond donors (Lipinski definition) is 2. The molecule has 1 fully saturated rings. The molecule has 0 saturated carbocycles. The van der Waals surface area contributed by atoms with Crippen LogP contribution in [0.2, 0.25) is 0 Å². The first-order valence-corrected chi connectivity index (χ1v) is 11.0. The van der Waals surface area contributed by atoms with Gasteiger partial charge in [0.25, 0.3) is 5.91 Å². The van der Waals surface area contributed by atoms with Gasteiger partial charge >= 0.3 is 0 Å². The number of aliphatic imine (C=N–C) groups is 1. The minimum atomic E-state index is 0.0397. The van der Waals surface area contributed by atoms with Gasteiger partial charge < -0.3 is 20.4 Å². The van der Waals surface area contributed by atoms with Crippen LogP contribution in [-0.4, -0.2) is 75.0 Å². The molecule has 2 rings (SSSR count). The van der Waals surface area contributed by atoms with E-state index in [1.807, 2.05) is 18.2 Å². The van der Waals surface area contributed by atoms with E-state index < -0.39 is 0 Å². The number of carbonyl (C=O) groups excluding carboxylic acids is 1. The first-order chi connectivity index (χ1) is 14.0. The second-order valence-corrected chi connectivity index (χ2v) is 8.22. The van der Waals surface area contributed by atoms with E-state index in [2.05, 4.69) is 35.4 Å². The van der Waals surface area contributed by atoms with E-state index in [1.165, 1.54) is 25.9 Å². The number of piperidine rings is 1. The predicted molar refractivity (Wildman–Crippen MR) is 122 cm³/mol. The number of likely N-dealkylation sites (tertiary alicyclic amines) is 1. The Balaban J connectivity index is 1.75. The summed E-state index contributed by atoms with van der Waals surface area (Å²) in [4.78, 5) is 21.0. The normalized spacial score (nSPS) is 15.9. The van der Waals surface area contributed by atoms with Gasteiger partial charge in [0.2, 0.25) is 0 Å². The topological polar surface area (TPSA) is 60.0 Å². The molecule has 29 heavy (non-hydrogen) atoms. The van der Waals surface area contributed by atoms with Crippen LogP contribution in [0.15, 0.2) is 29.3 Å². The number of benzene rings is 1. The summed E-state index contributed by atoms with van der Waals surface area (Å²) >= 11 is 0. The third kappa shape index (κ3) is 8.44. The lowest BCUT2D eigenvalue weighted by atomic mass is 9.99. The van der Waals surface area contributed by atoms with Crippen molar-refractivity contribution in [2.75, 3.05) is 53.4 Å². The Labute approximate surface area is 176 Å². The highest BCUT2D eigenvalue weighted by Gasteiger charge is 2.14. The summed E-state index contributed by atoms with van der Waals surface area (Å²) in [5.41, 5.74) is 1.89. The molecule has 1 aliphatic rings. The summed E-state index contributed by atoms with van der Waals surface area (Å²) in [5, 5.41) is 6.74. The molecule has 0 atom stereocenters. The molecule has 6 heteroatoms. The van der Waals surface area contributed by atoms with Crippen molar-refractivity contribution in [1.82, 2.24) is 20.4 Å².